The minimum atomic E-state index is -1.08. The number of nitrogens with zero attached hydrogens (tertiary/aromatic N) is 4. The summed E-state index contributed by atoms with van der Waals surface area (Å²) in [4.78, 5) is 29.3. The van der Waals surface area contributed by atoms with Crippen LogP contribution in [0, 0.1) is 18.7 Å². The van der Waals surface area contributed by atoms with E-state index in [1.807, 2.05) is 37.3 Å². The summed E-state index contributed by atoms with van der Waals surface area (Å²) in [5, 5.41) is 11.3. The number of halogens is 1. The molecule has 198 valence electrons. The van der Waals surface area contributed by atoms with Crippen molar-refractivity contribution in [3.63, 3.8) is 0 Å². The number of anilines is 1. The van der Waals surface area contributed by atoms with E-state index in [-0.39, 0.29) is 12.5 Å². The number of amides is 2. The quantitative estimate of drug-likeness (QED) is 0.326. The van der Waals surface area contributed by atoms with E-state index >= 15 is 0 Å². The second-order valence-electron chi connectivity index (χ2n) is 9.60. The number of methoxy groups -OCH3 is 1. The van der Waals surface area contributed by atoms with Crippen LogP contribution < -0.4 is 15.0 Å². The van der Waals surface area contributed by atoms with E-state index < -0.39 is 17.8 Å². The molecule has 38 heavy (non-hydrogen) atoms. The number of nitrogens with one attached hydrogen (secondary N) is 1. The van der Waals surface area contributed by atoms with Crippen LogP contribution in [0.4, 0.5) is 10.1 Å². The van der Waals surface area contributed by atoms with Gasteiger partial charge in [-0.3, -0.25) is 14.5 Å². The molecule has 0 unspecified atom stereocenters. The Morgan fingerprint density at radius 2 is 1.82 bits per heavy atom. The SMILES string of the molecule is COc1ccc(C)cc1N(C(=O)Cn1nnc2ccccc21)[C@@H](C(=O)NCCC(C)C)c1ccc(F)cc1. The third-order valence-electron chi connectivity index (χ3n) is 6.28. The van der Waals surface area contributed by atoms with Crippen molar-refractivity contribution in [2.75, 3.05) is 18.6 Å². The first-order valence-corrected chi connectivity index (χ1v) is 12.6. The van der Waals surface area contributed by atoms with Crippen LogP contribution in [0.2, 0.25) is 0 Å². The summed E-state index contributed by atoms with van der Waals surface area (Å²) >= 11 is 0. The Kier molecular flexibility index (Phi) is 8.35. The minimum Gasteiger partial charge on any atom is -0.495 e. The molecular weight excluding hydrogens is 485 g/mol. The van der Waals surface area contributed by atoms with Crippen molar-refractivity contribution < 1.29 is 18.7 Å². The van der Waals surface area contributed by atoms with Crippen molar-refractivity contribution in [2.24, 2.45) is 5.92 Å². The van der Waals surface area contributed by atoms with Crippen molar-refractivity contribution in [3.8, 4) is 5.75 Å². The van der Waals surface area contributed by atoms with Gasteiger partial charge in [-0.05, 0) is 66.8 Å². The van der Waals surface area contributed by atoms with E-state index in [9.17, 15) is 14.0 Å². The Labute approximate surface area is 221 Å². The molecular formula is C29H32FN5O3. The van der Waals surface area contributed by atoms with E-state index in [0.717, 1.165) is 12.0 Å². The Bertz CT molecular complexity index is 1420. The smallest absolute Gasteiger partial charge is 0.249 e. The van der Waals surface area contributed by atoms with Gasteiger partial charge in [0.05, 0.1) is 18.3 Å². The first kappa shape index (κ1) is 26.8. The van der Waals surface area contributed by atoms with Crippen LogP contribution in [0.25, 0.3) is 11.0 Å². The van der Waals surface area contributed by atoms with Gasteiger partial charge >= 0.3 is 0 Å². The maximum atomic E-state index is 14.1. The number of para-hydroxylation sites is 1. The number of carbonyl (C=O) groups is 2. The third kappa shape index (κ3) is 5.99. The normalized spacial score (nSPS) is 11.9. The molecule has 1 heterocycles. The molecule has 3 aromatic carbocycles. The number of fused-ring (bicyclic) bond motifs is 1. The molecule has 4 aromatic rings. The summed E-state index contributed by atoms with van der Waals surface area (Å²) in [5.41, 5.74) is 3.12. The average Bonchev–Trinajstić information content (AvgIpc) is 3.30. The summed E-state index contributed by atoms with van der Waals surface area (Å²) in [6.45, 7) is 6.30. The zero-order valence-corrected chi connectivity index (χ0v) is 22.0. The van der Waals surface area contributed by atoms with Crippen LogP contribution in [0.3, 0.4) is 0 Å². The standard InChI is InChI=1S/C29H32FN5O3/c1-19(2)15-16-31-29(37)28(21-10-12-22(30)13-11-21)35(25-17-20(3)9-14-26(25)38-4)27(36)18-34-24-8-6-5-7-23(24)32-33-34/h5-14,17,19,28H,15-16,18H2,1-4H3,(H,31,37)/t28-/m1/s1. The molecule has 0 fully saturated rings. The zero-order chi connectivity index (χ0) is 27.2. The highest BCUT2D eigenvalue weighted by Crippen LogP contribution is 2.36. The number of hydrogen-bond donors (Lipinski definition) is 1. The van der Waals surface area contributed by atoms with E-state index in [2.05, 4.69) is 29.5 Å². The molecule has 0 radical (unpaired) electrons. The average molecular weight is 518 g/mol. The molecule has 2 amide bonds. The molecule has 1 N–H and O–H groups in total. The zero-order valence-electron chi connectivity index (χ0n) is 22.0. The van der Waals surface area contributed by atoms with Crippen LogP contribution in [0.15, 0.2) is 66.7 Å². The molecule has 0 spiro atoms. The molecule has 0 aliphatic rings. The molecule has 0 aliphatic carbocycles. The van der Waals surface area contributed by atoms with Gasteiger partial charge in [0.1, 0.15) is 29.7 Å². The fourth-order valence-corrected chi connectivity index (χ4v) is 4.29. The maximum absolute atomic E-state index is 14.1. The van der Waals surface area contributed by atoms with E-state index in [1.165, 1.54) is 41.0 Å². The molecule has 0 saturated carbocycles. The fraction of sp³-hybridized carbons (Fsp3) is 0.310. The molecule has 1 atom stereocenters. The van der Waals surface area contributed by atoms with E-state index in [0.29, 0.717) is 40.5 Å². The van der Waals surface area contributed by atoms with Gasteiger partial charge in [-0.2, -0.15) is 0 Å². The second kappa shape index (κ2) is 11.9. The topological polar surface area (TPSA) is 89.3 Å². The van der Waals surface area contributed by atoms with Crippen LogP contribution in [0.1, 0.15) is 37.4 Å². The van der Waals surface area contributed by atoms with Gasteiger partial charge in [0, 0.05) is 6.54 Å². The van der Waals surface area contributed by atoms with Crippen LogP contribution in [-0.2, 0) is 16.1 Å². The van der Waals surface area contributed by atoms with Crippen molar-refractivity contribution in [3.05, 3.63) is 83.7 Å². The van der Waals surface area contributed by atoms with Gasteiger partial charge in [0.25, 0.3) is 0 Å². The summed E-state index contributed by atoms with van der Waals surface area (Å²) in [7, 11) is 1.51. The second-order valence-corrected chi connectivity index (χ2v) is 9.60. The monoisotopic (exact) mass is 517 g/mol. The lowest BCUT2D eigenvalue weighted by molar-refractivity contribution is -0.127. The number of hydrogen-bond acceptors (Lipinski definition) is 5. The lowest BCUT2D eigenvalue weighted by atomic mass is 10.0. The number of aromatic nitrogens is 3. The number of rotatable bonds is 10. The predicted octanol–water partition coefficient (Wildman–Crippen LogP) is 4.82. The first-order chi connectivity index (χ1) is 18.3. The Morgan fingerprint density at radius 3 is 2.53 bits per heavy atom. The fourth-order valence-electron chi connectivity index (χ4n) is 4.29. The number of carbonyl (C=O) groups excluding carboxylic acids is 2. The van der Waals surface area contributed by atoms with Crippen molar-refractivity contribution in [2.45, 2.75) is 39.8 Å². The molecule has 1 aromatic heterocycles. The largest absolute Gasteiger partial charge is 0.495 e. The predicted molar refractivity (Wildman–Crippen MR) is 144 cm³/mol. The van der Waals surface area contributed by atoms with Crippen LogP contribution in [-0.4, -0.2) is 40.5 Å². The van der Waals surface area contributed by atoms with Crippen molar-refractivity contribution in [1.82, 2.24) is 20.3 Å². The summed E-state index contributed by atoms with van der Waals surface area (Å²) in [5.74, 6) is -0.410. The molecule has 4 rings (SSSR count). The maximum Gasteiger partial charge on any atom is 0.249 e. The molecule has 0 saturated heterocycles. The Morgan fingerprint density at radius 1 is 1.08 bits per heavy atom. The van der Waals surface area contributed by atoms with Gasteiger partial charge in [0.2, 0.25) is 11.8 Å². The van der Waals surface area contributed by atoms with Gasteiger partial charge in [0.15, 0.2) is 0 Å². The lowest BCUT2D eigenvalue weighted by Crippen LogP contribution is -2.45. The van der Waals surface area contributed by atoms with Gasteiger partial charge in [-0.15, -0.1) is 5.10 Å². The lowest BCUT2D eigenvalue weighted by Gasteiger charge is -2.32. The van der Waals surface area contributed by atoms with Crippen molar-refractivity contribution >= 4 is 28.5 Å². The number of ether oxygens (including phenoxy) is 1. The van der Waals surface area contributed by atoms with Crippen molar-refractivity contribution in [1.29, 1.82) is 0 Å². The molecule has 8 nitrogen and oxygen atoms in total. The molecule has 9 heteroatoms. The van der Waals surface area contributed by atoms with Gasteiger partial charge < -0.3 is 10.1 Å². The van der Waals surface area contributed by atoms with Crippen LogP contribution >= 0.6 is 0 Å². The Balaban J connectivity index is 1.83. The third-order valence-corrected chi connectivity index (χ3v) is 6.28. The first-order valence-electron chi connectivity index (χ1n) is 12.6. The highest BCUT2D eigenvalue weighted by Gasteiger charge is 2.35. The number of benzene rings is 3. The summed E-state index contributed by atoms with van der Waals surface area (Å²) in [6.07, 6.45) is 0.772. The number of aryl methyl sites for hydroxylation is 1. The highest BCUT2D eigenvalue weighted by molar-refractivity contribution is 6.02. The summed E-state index contributed by atoms with van der Waals surface area (Å²) < 4.78 is 21.0. The van der Waals surface area contributed by atoms with Gasteiger partial charge in [-0.1, -0.05) is 49.4 Å². The summed E-state index contributed by atoms with van der Waals surface area (Å²) in [6, 6.07) is 17.3. The molecule has 0 aliphatic heterocycles. The highest BCUT2D eigenvalue weighted by atomic mass is 19.1. The van der Waals surface area contributed by atoms with Gasteiger partial charge in [-0.25, -0.2) is 9.07 Å². The molecule has 0 bridgehead atoms. The van der Waals surface area contributed by atoms with E-state index in [1.54, 1.807) is 12.1 Å². The van der Waals surface area contributed by atoms with E-state index in [4.69, 9.17) is 4.74 Å². The Hall–Kier alpha value is -4.27. The minimum absolute atomic E-state index is 0.172. The van der Waals surface area contributed by atoms with Crippen LogP contribution in [0.5, 0.6) is 5.75 Å².